The first-order chi connectivity index (χ1) is 13.2. The second-order valence-corrected chi connectivity index (χ2v) is 8.92. The number of piperidine rings is 1. The maximum Gasteiger partial charge on any atom is 0.244 e. The molecule has 144 valence electrons. The summed E-state index contributed by atoms with van der Waals surface area (Å²) in [6, 6.07) is 8.02. The van der Waals surface area contributed by atoms with Crippen molar-refractivity contribution in [1.82, 2.24) is 20.7 Å². The molecule has 27 heavy (non-hydrogen) atoms. The van der Waals surface area contributed by atoms with Crippen molar-refractivity contribution in [3.63, 3.8) is 0 Å². The van der Waals surface area contributed by atoms with Crippen molar-refractivity contribution in [2.75, 3.05) is 18.4 Å². The number of benzene rings is 1. The summed E-state index contributed by atoms with van der Waals surface area (Å²) in [4.78, 5) is 19.6. The van der Waals surface area contributed by atoms with Crippen molar-refractivity contribution >= 4 is 38.3 Å². The highest BCUT2D eigenvalue weighted by Gasteiger charge is 2.30. The van der Waals surface area contributed by atoms with Crippen LogP contribution in [-0.2, 0) is 11.3 Å². The summed E-state index contributed by atoms with van der Waals surface area (Å²) in [6.07, 6.45) is 4.58. The van der Waals surface area contributed by atoms with Crippen molar-refractivity contribution in [3.8, 4) is 0 Å². The molecule has 0 spiro atoms. The molecule has 8 heteroatoms. The van der Waals surface area contributed by atoms with Crippen LogP contribution in [0.15, 0.2) is 34.1 Å². The average molecular weight is 450 g/mol. The van der Waals surface area contributed by atoms with E-state index in [0.717, 1.165) is 29.8 Å². The van der Waals surface area contributed by atoms with Crippen molar-refractivity contribution in [3.05, 3.63) is 45.4 Å². The van der Waals surface area contributed by atoms with Gasteiger partial charge >= 0.3 is 0 Å². The highest BCUT2D eigenvalue weighted by atomic mass is 79.9. The fourth-order valence-corrected chi connectivity index (χ4v) is 4.59. The van der Waals surface area contributed by atoms with Gasteiger partial charge in [0.15, 0.2) is 5.13 Å². The zero-order chi connectivity index (χ0) is 18.6. The minimum Gasteiger partial charge on any atom is -0.301 e. The van der Waals surface area contributed by atoms with Crippen LogP contribution in [0, 0.1) is 0 Å². The highest BCUT2D eigenvalue weighted by molar-refractivity contribution is 9.10. The second kappa shape index (κ2) is 8.79. The number of thiazole rings is 1. The van der Waals surface area contributed by atoms with Gasteiger partial charge in [-0.1, -0.05) is 34.5 Å². The molecule has 2 unspecified atom stereocenters. The number of amides is 1. The first kappa shape index (κ1) is 19.0. The number of nitrogens with one attached hydrogen (secondary N) is 3. The molecule has 0 radical (unpaired) electrons. The third-order valence-electron chi connectivity index (χ3n) is 5.11. The van der Waals surface area contributed by atoms with Gasteiger partial charge in [-0.15, -0.1) is 11.3 Å². The molecule has 4 rings (SSSR count). The van der Waals surface area contributed by atoms with Gasteiger partial charge in [-0.05, 0) is 50.0 Å². The topological polar surface area (TPSA) is 69.3 Å². The zero-order valence-electron chi connectivity index (χ0n) is 15.1. The Labute approximate surface area is 171 Å². The number of aromatic nitrogens is 1. The number of carbonyl (C=O) groups excluding carboxylic acids is 1. The molecular weight excluding hydrogens is 426 g/mol. The Balaban J connectivity index is 1.30. The molecule has 2 aromatic rings. The Hall–Kier alpha value is -1.32. The van der Waals surface area contributed by atoms with Crippen LogP contribution in [0.25, 0.3) is 0 Å². The van der Waals surface area contributed by atoms with E-state index in [1.54, 1.807) is 0 Å². The maximum absolute atomic E-state index is 12.6. The standard InChI is InChI=1S/C19H24BrN5OS/c20-14-6-4-13(5-7-14)16-10-17(24-23-16)18(26)22-19-21-15(12-27-19)11-25-8-2-1-3-9-25/h4-7,12,16-17,23-24H,1-3,8-11H2,(H,21,22,26). The molecule has 2 aliphatic rings. The predicted octanol–water partition coefficient (Wildman–Crippen LogP) is 3.44. The van der Waals surface area contributed by atoms with E-state index in [0.29, 0.717) is 11.6 Å². The number of nitrogens with zero attached hydrogens (tertiary/aromatic N) is 2. The molecule has 6 nitrogen and oxygen atoms in total. The van der Waals surface area contributed by atoms with Crippen molar-refractivity contribution in [1.29, 1.82) is 0 Å². The van der Waals surface area contributed by atoms with Crippen LogP contribution in [-0.4, -0.2) is 34.9 Å². The lowest BCUT2D eigenvalue weighted by molar-refractivity contribution is -0.117. The second-order valence-electron chi connectivity index (χ2n) is 7.15. The van der Waals surface area contributed by atoms with E-state index >= 15 is 0 Å². The number of anilines is 1. The van der Waals surface area contributed by atoms with Crippen LogP contribution in [0.1, 0.15) is 43.0 Å². The lowest BCUT2D eigenvalue weighted by Gasteiger charge is -2.25. The molecule has 2 aliphatic heterocycles. The molecule has 3 N–H and O–H groups in total. The number of hydrazine groups is 1. The van der Waals surface area contributed by atoms with E-state index in [1.807, 2.05) is 12.1 Å². The van der Waals surface area contributed by atoms with Gasteiger partial charge in [0.25, 0.3) is 0 Å². The number of rotatable bonds is 5. The van der Waals surface area contributed by atoms with Gasteiger partial charge in [0.1, 0.15) is 6.04 Å². The minimum absolute atomic E-state index is 0.0408. The van der Waals surface area contributed by atoms with E-state index in [9.17, 15) is 4.79 Å². The normalized spacial score (nSPS) is 23.4. The fourth-order valence-electron chi connectivity index (χ4n) is 3.62. The smallest absolute Gasteiger partial charge is 0.244 e. The van der Waals surface area contributed by atoms with Gasteiger partial charge in [0.05, 0.1) is 5.69 Å². The van der Waals surface area contributed by atoms with Crippen molar-refractivity contribution in [2.24, 2.45) is 0 Å². The lowest BCUT2D eigenvalue weighted by atomic mass is 10.0. The Kier molecular flexibility index (Phi) is 6.19. The van der Waals surface area contributed by atoms with Gasteiger partial charge in [-0.25, -0.2) is 15.8 Å². The summed E-state index contributed by atoms with van der Waals surface area (Å²) in [5.74, 6) is -0.0408. The Bertz CT molecular complexity index is 775. The van der Waals surface area contributed by atoms with Crippen LogP contribution >= 0.6 is 27.3 Å². The minimum atomic E-state index is -0.270. The van der Waals surface area contributed by atoms with E-state index in [-0.39, 0.29) is 18.0 Å². The first-order valence-electron chi connectivity index (χ1n) is 9.41. The van der Waals surface area contributed by atoms with Gasteiger partial charge in [-0.2, -0.15) is 0 Å². The predicted molar refractivity (Wildman–Crippen MR) is 111 cm³/mol. The summed E-state index contributed by atoms with van der Waals surface area (Å²) in [5, 5.41) is 5.69. The Morgan fingerprint density at radius 3 is 2.78 bits per heavy atom. The number of halogens is 1. The number of hydrogen-bond donors (Lipinski definition) is 3. The number of likely N-dealkylation sites (tertiary alicyclic amines) is 1. The number of carbonyl (C=O) groups is 1. The molecule has 1 amide bonds. The molecule has 1 aromatic carbocycles. The fraction of sp³-hybridized carbons (Fsp3) is 0.474. The molecule has 2 atom stereocenters. The molecular formula is C19H24BrN5OS. The molecule has 1 aromatic heterocycles. The summed E-state index contributed by atoms with van der Waals surface area (Å²) < 4.78 is 1.05. The number of hydrogen-bond acceptors (Lipinski definition) is 6. The maximum atomic E-state index is 12.6. The SMILES string of the molecule is O=C(Nc1nc(CN2CCCCC2)cs1)C1CC(c2ccc(Br)cc2)NN1. The summed E-state index contributed by atoms with van der Waals surface area (Å²) in [5.41, 5.74) is 8.54. The van der Waals surface area contributed by atoms with Crippen LogP contribution in [0.5, 0.6) is 0 Å². The van der Waals surface area contributed by atoms with Gasteiger partial charge in [-0.3, -0.25) is 9.69 Å². The van der Waals surface area contributed by atoms with E-state index < -0.39 is 0 Å². The van der Waals surface area contributed by atoms with Gasteiger partial charge in [0.2, 0.25) is 5.91 Å². The van der Waals surface area contributed by atoms with E-state index in [1.165, 1.54) is 36.2 Å². The van der Waals surface area contributed by atoms with Crippen LogP contribution in [0.4, 0.5) is 5.13 Å². The van der Waals surface area contributed by atoms with Crippen LogP contribution in [0.2, 0.25) is 0 Å². The summed E-state index contributed by atoms with van der Waals surface area (Å²) >= 11 is 4.95. The molecule has 0 bridgehead atoms. The average Bonchev–Trinajstić information content (AvgIpc) is 3.33. The third-order valence-corrected chi connectivity index (χ3v) is 6.44. The summed E-state index contributed by atoms with van der Waals surface area (Å²) in [6.45, 7) is 3.17. The third kappa shape index (κ3) is 4.94. The van der Waals surface area contributed by atoms with Gasteiger partial charge < -0.3 is 5.32 Å². The molecule has 0 saturated carbocycles. The van der Waals surface area contributed by atoms with Crippen molar-refractivity contribution in [2.45, 2.75) is 44.3 Å². The van der Waals surface area contributed by atoms with Crippen LogP contribution in [0.3, 0.4) is 0 Å². The monoisotopic (exact) mass is 449 g/mol. The van der Waals surface area contributed by atoms with Crippen molar-refractivity contribution < 1.29 is 4.79 Å². The molecule has 2 saturated heterocycles. The zero-order valence-corrected chi connectivity index (χ0v) is 17.5. The first-order valence-corrected chi connectivity index (χ1v) is 11.1. The summed E-state index contributed by atoms with van der Waals surface area (Å²) in [7, 11) is 0. The Morgan fingerprint density at radius 1 is 1.22 bits per heavy atom. The largest absolute Gasteiger partial charge is 0.301 e. The lowest BCUT2D eigenvalue weighted by Crippen LogP contribution is -2.39. The highest BCUT2D eigenvalue weighted by Crippen LogP contribution is 2.25. The van der Waals surface area contributed by atoms with E-state index in [2.05, 4.69) is 59.5 Å². The van der Waals surface area contributed by atoms with Gasteiger partial charge in [0, 0.05) is 22.4 Å². The molecule has 2 fully saturated rings. The quantitative estimate of drug-likeness (QED) is 0.651. The Morgan fingerprint density at radius 2 is 2.00 bits per heavy atom. The van der Waals surface area contributed by atoms with Crippen LogP contribution < -0.4 is 16.2 Å². The molecule has 3 heterocycles. The molecule has 0 aliphatic carbocycles. The van der Waals surface area contributed by atoms with E-state index in [4.69, 9.17) is 0 Å².